The highest BCUT2D eigenvalue weighted by Gasteiger charge is 2.34. The van der Waals surface area contributed by atoms with Gasteiger partial charge in [-0.25, -0.2) is 4.98 Å². The van der Waals surface area contributed by atoms with Gasteiger partial charge >= 0.3 is 6.18 Å². The molecular weight excluding hydrogens is 317 g/mol. The maximum atomic E-state index is 13.0. The molecule has 1 N–H and O–H groups in total. The van der Waals surface area contributed by atoms with Crippen LogP contribution in [-0.4, -0.2) is 15.6 Å². The van der Waals surface area contributed by atoms with Gasteiger partial charge in [-0.1, -0.05) is 0 Å². The molecule has 4 nitrogen and oxygen atoms in total. The van der Waals surface area contributed by atoms with Crippen LogP contribution < -0.4 is 5.32 Å². The number of benzene rings is 1. The van der Waals surface area contributed by atoms with E-state index in [0.29, 0.717) is 5.69 Å². The summed E-state index contributed by atoms with van der Waals surface area (Å²) < 4.78 is 41.0. The van der Waals surface area contributed by atoms with E-state index in [0.717, 1.165) is 31.0 Å². The van der Waals surface area contributed by atoms with Crippen LogP contribution in [0.25, 0.3) is 5.70 Å². The highest BCUT2D eigenvalue weighted by atomic mass is 19.4. The molecule has 2 aromatic rings. The van der Waals surface area contributed by atoms with Crippen LogP contribution in [0.4, 0.5) is 18.9 Å². The van der Waals surface area contributed by atoms with Gasteiger partial charge in [0.1, 0.15) is 0 Å². The number of hydrogen-bond acceptors (Lipinski definition) is 3. The summed E-state index contributed by atoms with van der Waals surface area (Å²) in [7, 11) is 0. The topological polar surface area (TPSA) is 53.6 Å². The Morgan fingerprint density at radius 1 is 1.33 bits per heavy atom. The summed E-state index contributed by atoms with van der Waals surface area (Å²) in [6.45, 7) is 0. The molecule has 1 heterocycles. The summed E-state index contributed by atoms with van der Waals surface area (Å²) in [5.74, 6) is 0. The predicted octanol–water partition coefficient (Wildman–Crippen LogP) is 4.28. The Bertz CT molecular complexity index is 785. The first kappa shape index (κ1) is 16.1. The number of nitriles is 1. The van der Waals surface area contributed by atoms with Crippen LogP contribution in [0.15, 0.2) is 43.0 Å². The monoisotopic (exact) mass is 332 g/mol. The number of nitrogens with zero attached hydrogens (tertiary/aromatic N) is 3. The fraction of sp³-hybridized carbons (Fsp3) is 0.294. The summed E-state index contributed by atoms with van der Waals surface area (Å²) in [4.78, 5) is 4.01. The van der Waals surface area contributed by atoms with Crippen LogP contribution in [0, 0.1) is 11.3 Å². The number of hydrogen-bond donors (Lipinski definition) is 1. The van der Waals surface area contributed by atoms with Gasteiger partial charge in [-0.15, -0.1) is 0 Å². The first-order chi connectivity index (χ1) is 11.5. The number of nitrogens with one attached hydrogen (secondary N) is 1. The number of halogens is 3. The summed E-state index contributed by atoms with van der Waals surface area (Å²) >= 11 is 0. The van der Waals surface area contributed by atoms with E-state index in [2.05, 4.69) is 10.3 Å². The number of alkyl halides is 3. The van der Waals surface area contributed by atoms with Gasteiger partial charge in [-0.3, -0.25) is 0 Å². The van der Waals surface area contributed by atoms with Gasteiger partial charge in [0, 0.05) is 29.8 Å². The Kier molecular flexibility index (Phi) is 4.30. The molecule has 1 aromatic heterocycles. The molecule has 1 atom stereocenters. The zero-order valence-electron chi connectivity index (χ0n) is 12.7. The third-order valence-corrected chi connectivity index (χ3v) is 3.98. The lowest BCUT2D eigenvalue weighted by Crippen LogP contribution is -2.21. The fourth-order valence-corrected chi connectivity index (χ4v) is 2.84. The van der Waals surface area contributed by atoms with E-state index in [9.17, 15) is 13.2 Å². The second kappa shape index (κ2) is 6.40. The second-order valence-electron chi connectivity index (χ2n) is 5.64. The molecule has 0 saturated carbocycles. The Morgan fingerprint density at radius 2 is 2.17 bits per heavy atom. The molecule has 3 rings (SSSR count). The lowest BCUT2D eigenvalue weighted by molar-refractivity contribution is -0.137. The summed E-state index contributed by atoms with van der Waals surface area (Å²) in [5, 5.41) is 12.0. The molecule has 0 radical (unpaired) electrons. The van der Waals surface area contributed by atoms with Crippen molar-refractivity contribution in [2.45, 2.75) is 31.5 Å². The zero-order chi connectivity index (χ0) is 17.2. The third-order valence-electron chi connectivity index (χ3n) is 3.98. The van der Waals surface area contributed by atoms with Crippen LogP contribution in [-0.2, 0) is 6.18 Å². The van der Waals surface area contributed by atoms with Crippen LogP contribution in [0.3, 0.4) is 0 Å². The minimum absolute atomic E-state index is 0.0647. The number of aromatic nitrogens is 2. The van der Waals surface area contributed by atoms with Gasteiger partial charge in [0.2, 0.25) is 0 Å². The molecule has 1 aromatic carbocycles. The van der Waals surface area contributed by atoms with Gasteiger partial charge < -0.3 is 9.88 Å². The fourth-order valence-electron chi connectivity index (χ4n) is 2.84. The van der Waals surface area contributed by atoms with E-state index >= 15 is 0 Å². The van der Waals surface area contributed by atoms with Crippen molar-refractivity contribution in [1.82, 2.24) is 9.55 Å². The van der Waals surface area contributed by atoms with E-state index < -0.39 is 11.7 Å². The summed E-state index contributed by atoms with van der Waals surface area (Å²) in [6.07, 6.45) is 5.37. The molecule has 0 saturated heterocycles. The lowest BCUT2D eigenvalue weighted by Gasteiger charge is -2.24. The van der Waals surface area contributed by atoms with Crippen LogP contribution in [0.2, 0.25) is 0 Å². The molecule has 0 fully saturated rings. The van der Waals surface area contributed by atoms with Crippen molar-refractivity contribution in [1.29, 1.82) is 5.26 Å². The molecule has 0 bridgehead atoms. The van der Waals surface area contributed by atoms with E-state index in [1.54, 1.807) is 18.6 Å². The smallest absolute Gasteiger partial charge is 0.379 e. The van der Waals surface area contributed by atoms with Crippen LogP contribution >= 0.6 is 0 Å². The van der Waals surface area contributed by atoms with Crippen molar-refractivity contribution in [3.63, 3.8) is 0 Å². The Hall–Kier alpha value is -2.75. The molecule has 0 amide bonds. The molecular formula is C17H15F3N4. The largest absolute Gasteiger partial charge is 0.417 e. The minimum atomic E-state index is -4.55. The average Bonchev–Trinajstić information content (AvgIpc) is 3.09. The third kappa shape index (κ3) is 3.43. The predicted molar refractivity (Wildman–Crippen MR) is 83.9 cm³/mol. The Morgan fingerprint density at radius 3 is 2.83 bits per heavy atom. The molecule has 124 valence electrons. The van der Waals surface area contributed by atoms with Crippen molar-refractivity contribution in [3.05, 3.63) is 54.1 Å². The number of allylic oxidation sites excluding steroid dienone is 1. The highest BCUT2D eigenvalue weighted by molar-refractivity contribution is 5.56. The van der Waals surface area contributed by atoms with Crippen molar-refractivity contribution >= 4 is 11.4 Å². The van der Waals surface area contributed by atoms with Crippen molar-refractivity contribution in [2.75, 3.05) is 5.32 Å². The highest BCUT2D eigenvalue weighted by Crippen LogP contribution is 2.34. The molecule has 1 unspecified atom stereocenters. The second-order valence-corrected chi connectivity index (χ2v) is 5.64. The van der Waals surface area contributed by atoms with Crippen molar-refractivity contribution < 1.29 is 13.2 Å². The van der Waals surface area contributed by atoms with E-state index in [4.69, 9.17) is 5.26 Å². The molecule has 0 aliphatic heterocycles. The quantitative estimate of drug-likeness (QED) is 0.913. The number of imidazole rings is 1. The maximum Gasteiger partial charge on any atom is 0.417 e. The Balaban J connectivity index is 1.84. The standard InChI is InChI=1S/C17H15F3N4/c18-17(19,20)16-9-14(5-4-12(16)10-21)23-13-2-1-3-15(8-13)24-7-6-22-11-24/h4-9,11,13,23H,1-3H2. The van der Waals surface area contributed by atoms with Gasteiger partial charge in [0.25, 0.3) is 0 Å². The first-order valence-electron chi connectivity index (χ1n) is 7.54. The molecule has 24 heavy (non-hydrogen) atoms. The van der Waals surface area contributed by atoms with Crippen molar-refractivity contribution in [3.8, 4) is 6.07 Å². The van der Waals surface area contributed by atoms with Gasteiger partial charge in [0.15, 0.2) is 0 Å². The van der Waals surface area contributed by atoms with Gasteiger partial charge in [0.05, 0.1) is 23.5 Å². The molecule has 0 spiro atoms. The number of anilines is 1. The molecule has 1 aliphatic rings. The van der Waals surface area contributed by atoms with Gasteiger partial charge in [-0.05, 0) is 43.5 Å². The van der Waals surface area contributed by atoms with Gasteiger partial charge in [-0.2, -0.15) is 18.4 Å². The first-order valence-corrected chi connectivity index (χ1v) is 7.54. The zero-order valence-corrected chi connectivity index (χ0v) is 12.7. The van der Waals surface area contributed by atoms with Crippen LogP contribution in [0.5, 0.6) is 0 Å². The van der Waals surface area contributed by atoms with E-state index in [1.165, 1.54) is 12.1 Å². The summed E-state index contributed by atoms with van der Waals surface area (Å²) in [5.41, 5.74) is 0.145. The average molecular weight is 332 g/mol. The van der Waals surface area contributed by atoms with E-state index in [-0.39, 0.29) is 11.6 Å². The normalized spacial score (nSPS) is 17.9. The molecule has 1 aliphatic carbocycles. The number of rotatable bonds is 3. The minimum Gasteiger partial charge on any atom is -0.379 e. The van der Waals surface area contributed by atoms with Crippen LogP contribution in [0.1, 0.15) is 30.4 Å². The van der Waals surface area contributed by atoms with Crippen molar-refractivity contribution in [2.24, 2.45) is 0 Å². The lowest BCUT2D eigenvalue weighted by atomic mass is 9.99. The van der Waals surface area contributed by atoms with E-state index in [1.807, 2.05) is 16.8 Å². The Labute approximate surface area is 137 Å². The maximum absolute atomic E-state index is 13.0. The summed E-state index contributed by atoms with van der Waals surface area (Å²) in [6, 6.07) is 5.23. The molecule has 7 heteroatoms. The SMILES string of the molecule is N#Cc1ccc(NC2C=C(n3ccnc3)CCC2)cc1C(F)(F)F.